The van der Waals surface area contributed by atoms with Gasteiger partial charge in [-0.05, 0) is 29.7 Å². The van der Waals surface area contributed by atoms with Crippen LogP contribution in [0.3, 0.4) is 0 Å². The lowest BCUT2D eigenvalue weighted by Crippen LogP contribution is -2.28. The number of H-pyrrole nitrogens is 1. The van der Waals surface area contributed by atoms with Crippen LogP contribution in [0.15, 0.2) is 48.9 Å². The van der Waals surface area contributed by atoms with Gasteiger partial charge in [0.2, 0.25) is 5.95 Å². The summed E-state index contributed by atoms with van der Waals surface area (Å²) in [7, 11) is 1.55. The second-order valence-corrected chi connectivity index (χ2v) is 8.55. The number of benzene rings is 1. The van der Waals surface area contributed by atoms with Gasteiger partial charge in [0.25, 0.3) is 6.43 Å². The number of Topliss-reactive ketones (excluding diaryl/α,β-unsaturated/α-hetero) is 1. The van der Waals surface area contributed by atoms with Crippen LogP contribution < -0.4 is 14.5 Å². The minimum absolute atomic E-state index is 0.0110. The van der Waals surface area contributed by atoms with Crippen molar-refractivity contribution in [1.29, 1.82) is 0 Å². The Bertz CT molecular complexity index is 1080. The van der Waals surface area contributed by atoms with Gasteiger partial charge in [0.1, 0.15) is 17.7 Å². The first kappa shape index (κ1) is 23.6. The summed E-state index contributed by atoms with van der Waals surface area (Å²) in [5, 5.41) is 6.49. The average Bonchev–Trinajstić information content (AvgIpc) is 3.52. The van der Waals surface area contributed by atoms with Crippen LogP contribution in [0.5, 0.6) is 5.75 Å². The molecule has 0 spiro atoms. The van der Waals surface area contributed by atoms with Gasteiger partial charge in [-0.3, -0.25) is 9.89 Å². The maximum atomic E-state index is 12.7. The van der Waals surface area contributed by atoms with Crippen LogP contribution in [0.25, 0.3) is 0 Å². The Hall–Kier alpha value is -3.56. The third kappa shape index (κ3) is 5.86. The summed E-state index contributed by atoms with van der Waals surface area (Å²) in [6.45, 7) is 3.01. The number of nitrogens with zero attached hydrogens (tertiary/aromatic N) is 5. The molecule has 1 aliphatic heterocycles. The summed E-state index contributed by atoms with van der Waals surface area (Å²) in [4.78, 5) is 24.3. The van der Waals surface area contributed by atoms with Gasteiger partial charge in [-0.2, -0.15) is 10.1 Å². The molecule has 34 heavy (non-hydrogen) atoms. The molecule has 0 bridgehead atoms. The van der Waals surface area contributed by atoms with Crippen molar-refractivity contribution >= 4 is 17.5 Å². The minimum atomic E-state index is -2.45. The lowest BCUT2D eigenvalue weighted by atomic mass is 9.94. The zero-order valence-corrected chi connectivity index (χ0v) is 19.2. The van der Waals surface area contributed by atoms with E-state index < -0.39 is 13.0 Å². The molecule has 10 heteroatoms. The van der Waals surface area contributed by atoms with Gasteiger partial charge in [0.15, 0.2) is 5.78 Å². The van der Waals surface area contributed by atoms with E-state index in [9.17, 15) is 13.6 Å². The summed E-state index contributed by atoms with van der Waals surface area (Å²) >= 11 is 0. The Balaban J connectivity index is 1.31. The molecule has 1 fully saturated rings. The monoisotopic (exact) mass is 470 g/mol. The molecule has 1 N–H and O–H groups in total. The molecule has 1 aliphatic rings. The van der Waals surface area contributed by atoms with Crippen LogP contribution in [0.2, 0.25) is 0 Å². The number of carbonyl (C=O) groups is 1. The van der Waals surface area contributed by atoms with Crippen molar-refractivity contribution in [3.63, 3.8) is 0 Å². The number of aromatic nitrogens is 4. The number of rotatable bonds is 10. The standard InChI is InChI=1S/C24H28F2N6O2/c1-16(11-21(33)18-12-28-29-13-18)17-3-5-19(6-4-17)34-20-8-10-32(14-20)23-7-9-27-24(30-23)31(2)15-22(25)26/h3-7,9,12-13,16,20,22H,8,10-11,14-15H2,1-2H3,(H,28,29)/t16-,20?/m1/s1. The first-order chi connectivity index (χ1) is 16.4. The van der Waals surface area contributed by atoms with Gasteiger partial charge in [0.05, 0.1) is 24.8 Å². The average molecular weight is 471 g/mol. The third-order valence-corrected chi connectivity index (χ3v) is 5.91. The van der Waals surface area contributed by atoms with E-state index in [0.717, 1.165) is 24.3 Å². The predicted octanol–water partition coefficient (Wildman–Crippen LogP) is 3.94. The number of nitrogens with one attached hydrogen (secondary N) is 1. The Morgan fingerprint density at radius 3 is 2.79 bits per heavy atom. The second kappa shape index (κ2) is 10.6. The number of carbonyl (C=O) groups excluding carboxylic acids is 1. The van der Waals surface area contributed by atoms with E-state index >= 15 is 0 Å². The molecule has 8 nitrogen and oxygen atoms in total. The second-order valence-electron chi connectivity index (χ2n) is 8.55. The quantitative estimate of drug-likeness (QED) is 0.449. The fraction of sp³-hybridized carbons (Fsp3) is 0.417. The van der Waals surface area contributed by atoms with Crippen molar-refractivity contribution < 1.29 is 18.3 Å². The van der Waals surface area contributed by atoms with E-state index in [1.807, 2.05) is 31.2 Å². The molecule has 3 aromatic rings. The van der Waals surface area contributed by atoms with Crippen molar-refractivity contribution in [3.05, 3.63) is 60.0 Å². The van der Waals surface area contributed by atoms with Crippen molar-refractivity contribution in [2.24, 2.45) is 0 Å². The smallest absolute Gasteiger partial charge is 0.255 e. The Morgan fingerprint density at radius 2 is 2.09 bits per heavy atom. The normalized spacial score (nSPS) is 16.6. The van der Waals surface area contributed by atoms with Crippen LogP contribution in [0, 0.1) is 0 Å². The van der Waals surface area contributed by atoms with Crippen molar-refractivity contribution in [3.8, 4) is 5.75 Å². The lowest BCUT2D eigenvalue weighted by molar-refractivity contribution is 0.0975. The molecule has 4 rings (SSSR count). The molecular formula is C24H28F2N6O2. The molecule has 2 atom stereocenters. The van der Waals surface area contributed by atoms with Gasteiger partial charge in [-0.25, -0.2) is 13.8 Å². The molecule has 0 radical (unpaired) electrons. The van der Waals surface area contributed by atoms with Crippen LogP contribution in [0.1, 0.15) is 41.6 Å². The van der Waals surface area contributed by atoms with E-state index in [1.54, 1.807) is 31.7 Å². The molecule has 0 saturated carbocycles. The summed E-state index contributed by atoms with van der Waals surface area (Å²) < 4.78 is 31.5. The van der Waals surface area contributed by atoms with Crippen LogP contribution in [-0.4, -0.2) is 65.2 Å². The van der Waals surface area contributed by atoms with E-state index in [-0.39, 0.29) is 23.8 Å². The summed E-state index contributed by atoms with van der Waals surface area (Å²) in [6, 6.07) is 9.62. The topological polar surface area (TPSA) is 87.2 Å². The Kier molecular flexibility index (Phi) is 7.34. The fourth-order valence-corrected chi connectivity index (χ4v) is 4.00. The molecule has 0 amide bonds. The number of ether oxygens (including phenoxy) is 1. The molecule has 1 aromatic carbocycles. The number of hydrogen-bond acceptors (Lipinski definition) is 7. The van der Waals surface area contributed by atoms with Crippen molar-refractivity contribution in [2.75, 3.05) is 36.5 Å². The lowest BCUT2D eigenvalue weighted by Gasteiger charge is -2.21. The number of alkyl halides is 2. The van der Waals surface area contributed by atoms with E-state index in [4.69, 9.17) is 4.74 Å². The molecule has 1 unspecified atom stereocenters. The molecule has 2 aromatic heterocycles. The SMILES string of the molecule is C[C@H](CC(=O)c1cn[nH]c1)c1ccc(OC2CCN(c3ccnc(N(C)CC(F)F)n3)C2)cc1. The number of hydrogen-bond donors (Lipinski definition) is 1. The number of anilines is 2. The summed E-state index contributed by atoms with van der Waals surface area (Å²) in [6.07, 6.45) is 3.51. The maximum absolute atomic E-state index is 12.7. The highest BCUT2D eigenvalue weighted by atomic mass is 19.3. The van der Waals surface area contributed by atoms with Crippen LogP contribution in [-0.2, 0) is 0 Å². The zero-order chi connectivity index (χ0) is 24.1. The number of ketones is 1. The first-order valence-electron chi connectivity index (χ1n) is 11.2. The maximum Gasteiger partial charge on any atom is 0.255 e. The Labute approximate surface area is 197 Å². The molecule has 1 saturated heterocycles. The molecule has 0 aliphatic carbocycles. The van der Waals surface area contributed by atoms with Gasteiger partial charge >= 0.3 is 0 Å². The van der Waals surface area contributed by atoms with Gasteiger partial charge < -0.3 is 14.5 Å². The number of halogens is 2. The van der Waals surface area contributed by atoms with E-state index in [0.29, 0.717) is 24.3 Å². The van der Waals surface area contributed by atoms with Gasteiger partial charge in [0, 0.05) is 38.8 Å². The molecule has 3 heterocycles. The highest BCUT2D eigenvalue weighted by Gasteiger charge is 2.26. The fourth-order valence-electron chi connectivity index (χ4n) is 4.00. The number of aromatic amines is 1. The minimum Gasteiger partial charge on any atom is -0.489 e. The summed E-state index contributed by atoms with van der Waals surface area (Å²) in [5.41, 5.74) is 1.66. The summed E-state index contributed by atoms with van der Waals surface area (Å²) in [5.74, 6) is 1.88. The predicted molar refractivity (Wildman–Crippen MR) is 125 cm³/mol. The van der Waals surface area contributed by atoms with Crippen molar-refractivity contribution in [1.82, 2.24) is 20.2 Å². The third-order valence-electron chi connectivity index (χ3n) is 5.91. The Morgan fingerprint density at radius 1 is 1.29 bits per heavy atom. The van der Waals surface area contributed by atoms with Gasteiger partial charge in [-0.15, -0.1) is 0 Å². The van der Waals surface area contributed by atoms with Crippen molar-refractivity contribution in [2.45, 2.75) is 38.2 Å². The van der Waals surface area contributed by atoms with Crippen LogP contribution >= 0.6 is 0 Å². The zero-order valence-electron chi connectivity index (χ0n) is 19.2. The van der Waals surface area contributed by atoms with Crippen LogP contribution in [0.4, 0.5) is 20.5 Å². The highest BCUT2D eigenvalue weighted by molar-refractivity contribution is 5.96. The van der Waals surface area contributed by atoms with Gasteiger partial charge in [-0.1, -0.05) is 19.1 Å². The molecular weight excluding hydrogens is 442 g/mol. The first-order valence-corrected chi connectivity index (χ1v) is 11.2. The largest absolute Gasteiger partial charge is 0.489 e. The molecule has 180 valence electrons. The highest BCUT2D eigenvalue weighted by Crippen LogP contribution is 2.26. The van der Waals surface area contributed by atoms with E-state index in [2.05, 4.69) is 25.1 Å². The van der Waals surface area contributed by atoms with E-state index in [1.165, 1.54) is 4.90 Å².